The third-order valence-corrected chi connectivity index (χ3v) is 4.22. The molecule has 0 bridgehead atoms. The number of rotatable bonds is 3. The van der Waals surface area contributed by atoms with Gasteiger partial charge in [0.05, 0.1) is 5.52 Å². The quantitative estimate of drug-likeness (QED) is 0.801. The van der Waals surface area contributed by atoms with Gasteiger partial charge in [-0.25, -0.2) is 9.97 Å². The molecular formula is C17H18N4. The van der Waals surface area contributed by atoms with Crippen molar-refractivity contribution in [2.75, 3.05) is 13.1 Å². The van der Waals surface area contributed by atoms with Crippen molar-refractivity contribution < 1.29 is 0 Å². The van der Waals surface area contributed by atoms with Gasteiger partial charge in [-0.05, 0) is 54.8 Å². The molecule has 3 heterocycles. The fourth-order valence-electron chi connectivity index (χ4n) is 3.06. The summed E-state index contributed by atoms with van der Waals surface area (Å²) in [5.41, 5.74) is 3.47. The van der Waals surface area contributed by atoms with E-state index >= 15 is 0 Å². The first-order chi connectivity index (χ1) is 10.4. The number of fused-ring (bicyclic) bond motifs is 1. The van der Waals surface area contributed by atoms with Gasteiger partial charge < -0.3 is 9.88 Å². The number of nitrogens with one attached hydrogen (secondary N) is 1. The second-order valence-electron chi connectivity index (χ2n) is 5.75. The Morgan fingerprint density at radius 3 is 3.14 bits per heavy atom. The molecule has 1 aromatic carbocycles. The first kappa shape index (κ1) is 12.5. The first-order valence-electron chi connectivity index (χ1n) is 7.45. The monoisotopic (exact) mass is 278 g/mol. The van der Waals surface area contributed by atoms with Crippen molar-refractivity contribution in [3.05, 3.63) is 49.2 Å². The molecule has 1 N–H and O–H groups in total. The van der Waals surface area contributed by atoms with Crippen molar-refractivity contribution in [1.29, 1.82) is 0 Å². The standard InChI is InChI=1S/C17H18N4/c1-2-17-16(9-19-12-20-17)7-14(1)15-4-6-21(11-15)10-13-3-5-18-8-13/h1-2,4,6-7,9,11-13,18H,3,5,8,10H2. The van der Waals surface area contributed by atoms with Gasteiger partial charge in [0, 0.05) is 30.5 Å². The SMILES string of the molecule is c1ncc2cc(-c3ccn(CC4CCNC4)c3)ccc2n1. The van der Waals surface area contributed by atoms with Crippen LogP contribution in [0.3, 0.4) is 0 Å². The highest BCUT2D eigenvalue weighted by Crippen LogP contribution is 2.24. The Bertz CT molecular complexity index is 756. The van der Waals surface area contributed by atoms with Crippen LogP contribution in [0, 0.1) is 5.92 Å². The van der Waals surface area contributed by atoms with Crippen LogP contribution in [0.5, 0.6) is 0 Å². The van der Waals surface area contributed by atoms with Crippen molar-refractivity contribution >= 4 is 10.9 Å². The van der Waals surface area contributed by atoms with Crippen molar-refractivity contribution in [3.8, 4) is 11.1 Å². The lowest BCUT2D eigenvalue weighted by Gasteiger charge is -2.09. The molecule has 1 fully saturated rings. The zero-order chi connectivity index (χ0) is 14.1. The topological polar surface area (TPSA) is 42.7 Å². The van der Waals surface area contributed by atoms with E-state index in [2.05, 4.69) is 56.5 Å². The molecule has 106 valence electrons. The predicted molar refractivity (Wildman–Crippen MR) is 83.9 cm³/mol. The van der Waals surface area contributed by atoms with E-state index in [1.165, 1.54) is 17.5 Å². The van der Waals surface area contributed by atoms with E-state index < -0.39 is 0 Å². The third kappa shape index (κ3) is 2.54. The molecule has 4 nitrogen and oxygen atoms in total. The Morgan fingerprint density at radius 1 is 1.24 bits per heavy atom. The van der Waals surface area contributed by atoms with E-state index in [-0.39, 0.29) is 0 Å². The number of nitrogens with zero attached hydrogens (tertiary/aromatic N) is 3. The van der Waals surface area contributed by atoms with Gasteiger partial charge in [0.25, 0.3) is 0 Å². The van der Waals surface area contributed by atoms with Crippen LogP contribution < -0.4 is 5.32 Å². The summed E-state index contributed by atoms with van der Waals surface area (Å²) in [6.45, 7) is 3.40. The highest BCUT2D eigenvalue weighted by Gasteiger charge is 2.14. The maximum atomic E-state index is 4.27. The largest absolute Gasteiger partial charge is 0.353 e. The molecule has 1 unspecified atom stereocenters. The molecule has 21 heavy (non-hydrogen) atoms. The lowest BCUT2D eigenvalue weighted by atomic mass is 10.1. The van der Waals surface area contributed by atoms with E-state index in [9.17, 15) is 0 Å². The lowest BCUT2D eigenvalue weighted by molar-refractivity contribution is 0.483. The minimum atomic E-state index is 0.759. The molecule has 1 aliphatic heterocycles. The summed E-state index contributed by atoms with van der Waals surface area (Å²) in [6.07, 6.45) is 9.16. The summed E-state index contributed by atoms with van der Waals surface area (Å²) >= 11 is 0. The van der Waals surface area contributed by atoms with Gasteiger partial charge in [0.2, 0.25) is 0 Å². The molecule has 0 radical (unpaired) electrons. The molecule has 2 aromatic heterocycles. The zero-order valence-electron chi connectivity index (χ0n) is 11.9. The fourth-order valence-corrected chi connectivity index (χ4v) is 3.06. The molecule has 1 aliphatic rings. The molecule has 0 aliphatic carbocycles. The van der Waals surface area contributed by atoms with Crippen LogP contribution in [0.2, 0.25) is 0 Å². The highest BCUT2D eigenvalue weighted by atomic mass is 15.0. The molecule has 0 amide bonds. The Morgan fingerprint density at radius 2 is 2.24 bits per heavy atom. The van der Waals surface area contributed by atoms with Crippen molar-refractivity contribution in [3.63, 3.8) is 0 Å². The average Bonchev–Trinajstić information content (AvgIpc) is 3.19. The van der Waals surface area contributed by atoms with E-state index in [0.29, 0.717) is 0 Å². The van der Waals surface area contributed by atoms with Crippen LogP contribution in [0.1, 0.15) is 6.42 Å². The van der Waals surface area contributed by atoms with Crippen LogP contribution in [0.4, 0.5) is 0 Å². The van der Waals surface area contributed by atoms with Crippen LogP contribution in [-0.2, 0) is 6.54 Å². The number of benzene rings is 1. The first-order valence-corrected chi connectivity index (χ1v) is 7.45. The molecule has 0 spiro atoms. The summed E-state index contributed by atoms with van der Waals surface area (Å²) in [4.78, 5) is 8.36. The molecule has 4 heteroatoms. The van der Waals surface area contributed by atoms with Crippen molar-refractivity contribution in [2.24, 2.45) is 5.92 Å². The Kier molecular flexibility index (Phi) is 3.16. The van der Waals surface area contributed by atoms with Crippen LogP contribution in [0.25, 0.3) is 22.0 Å². The fraction of sp³-hybridized carbons (Fsp3) is 0.294. The molecule has 4 rings (SSSR count). The Labute approximate surface area is 123 Å². The maximum Gasteiger partial charge on any atom is 0.116 e. The lowest BCUT2D eigenvalue weighted by Crippen LogP contribution is -2.13. The highest BCUT2D eigenvalue weighted by molar-refractivity contribution is 5.83. The minimum absolute atomic E-state index is 0.759. The van der Waals surface area contributed by atoms with Crippen molar-refractivity contribution in [2.45, 2.75) is 13.0 Å². The van der Waals surface area contributed by atoms with E-state index in [0.717, 1.165) is 36.5 Å². The van der Waals surface area contributed by atoms with Gasteiger partial charge >= 0.3 is 0 Å². The van der Waals surface area contributed by atoms with Crippen molar-refractivity contribution in [1.82, 2.24) is 19.9 Å². The second-order valence-corrected chi connectivity index (χ2v) is 5.75. The van der Waals surface area contributed by atoms with Gasteiger partial charge in [0.15, 0.2) is 0 Å². The molecule has 3 aromatic rings. The third-order valence-electron chi connectivity index (χ3n) is 4.22. The molecule has 1 saturated heterocycles. The second kappa shape index (κ2) is 5.30. The van der Waals surface area contributed by atoms with Gasteiger partial charge in [-0.2, -0.15) is 0 Å². The van der Waals surface area contributed by atoms with Crippen LogP contribution >= 0.6 is 0 Å². The van der Waals surface area contributed by atoms with Gasteiger partial charge in [0.1, 0.15) is 6.33 Å². The molecule has 1 atom stereocenters. The molecule has 0 saturated carbocycles. The van der Waals surface area contributed by atoms with Gasteiger partial charge in [-0.15, -0.1) is 0 Å². The number of hydrogen-bond acceptors (Lipinski definition) is 3. The summed E-state index contributed by atoms with van der Waals surface area (Å²) in [5.74, 6) is 0.759. The summed E-state index contributed by atoms with van der Waals surface area (Å²) in [7, 11) is 0. The van der Waals surface area contributed by atoms with E-state index in [1.807, 2.05) is 6.20 Å². The minimum Gasteiger partial charge on any atom is -0.353 e. The Hall–Kier alpha value is -2.20. The average molecular weight is 278 g/mol. The molecular weight excluding hydrogens is 260 g/mol. The smallest absolute Gasteiger partial charge is 0.116 e. The van der Waals surface area contributed by atoms with E-state index in [1.54, 1.807) is 6.33 Å². The number of aromatic nitrogens is 3. The maximum absolute atomic E-state index is 4.27. The zero-order valence-corrected chi connectivity index (χ0v) is 11.9. The summed E-state index contributed by atoms with van der Waals surface area (Å²) in [5, 5.41) is 4.51. The Balaban J connectivity index is 1.61. The van der Waals surface area contributed by atoms with Crippen LogP contribution in [-0.4, -0.2) is 27.6 Å². The summed E-state index contributed by atoms with van der Waals surface area (Å²) < 4.78 is 2.30. The normalized spacial score (nSPS) is 18.4. The number of hydrogen-bond donors (Lipinski definition) is 1. The van der Waals surface area contributed by atoms with Gasteiger partial charge in [-0.3, -0.25) is 0 Å². The van der Waals surface area contributed by atoms with Gasteiger partial charge in [-0.1, -0.05) is 6.07 Å². The van der Waals surface area contributed by atoms with E-state index in [4.69, 9.17) is 0 Å². The summed E-state index contributed by atoms with van der Waals surface area (Å²) in [6, 6.07) is 8.54. The van der Waals surface area contributed by atoms with Crippen LogP contribution in [0.15, 0.2) is 49.2 Å². The predicted octanol–water partition coefficient (Wildman–Crippen LogP) is 2.71.